The standard InChI is InChI=1S/C24H24O4/c1-4-16-9-10-19-20(11-16)24(28-15(3)26)22-13-18-8-6-5-7-17(18)12-21(22)23(19)27-14(2)25/h5-8,12-13,16H,4,9-11H2,1-3H3. The third kappa shape index (κ3) is 3.24. The van der Waals surface area contributed by atoms with Crippen LogP contribution in [0.4, 0.5) is 0 Å². The summed E-state index contributed by atoms with van der Waals surface area (Å²) in [6, 6.07) is 12.1. The Bertz CT molecular complexity index is 1100. The summed E-state index contributed by atoms with van der Waals surface area (Å²) < 4.78 is 11.5. The van der Waals surface area contributed by atoms with Crippen LogP contribution in [0.15, 0.2) is 36.4 Å². The van der Waals surface area contributed by atoms with Crippen LogP contribution in [0.5, 0.6) is 11.5 Å². The molecule has 0 aromatic heterocycles. The number of fused-ring (bicyclic) bond motifs is 3. The van der Waals surface area contributed by atoms with Gasteiger partial charge in [0.2, 0.25) is 0 Å². The number of esters is 2. The van der Waals surface area contributed by atoms with Crippen molar-refractivity contribution in [3.05, 3.63) is 47.5 Å². The lowest BCUT2D eigenvalue weighted by Gasteiger charge is -2.28. The molecule has 0 bridgehead atoms. The Morgan fingerprint density at radius 1 is 0.929 bits per heavy atom. The molecule has 3 aromatic rings. The summed E-state index contributed by atoms with van der Waals surface area (Å²) in [5.74, 6) is 1.10. The van der Waals surface area contributed by atoms with E-state index in [1.165, 1.54) is 13.8 Å². The molecular formula is C24H24O4. The van der Waals surface area contributed by atoms with E-state index in [9.17, 15) is 9.59 Å². The van der Waals surface area contributed by atoms with Crippen molar-refractivity contribution in [1.29, 1.82) is 0 Å². The summed E-state index contributed by atoms with van der Waals surface area (Å²) in [6.45, 7) is 5.04. The highest BCUT2D eigenvalue weighted by Crippen LogP contribution is 2.47. The molecule has 0 aliphatic heterocycles. The number of hydrogen-bond donors (Lipinski definition) is 0. The third-order valence-electron chi connectivity index (χ3n) is 5.65. The second-order valence-corrected chi connectivity index (χ2v) is 7.56. The van der Waals surface area contributed by atoms with Crippen molar-refractivity contribution in [2.75, 3.05) is 0 Å². The lowest BCUT2D eigenvalue weighted by Crippen LogP contribution is -2.18. The zero-order valence-electron chi connectivity index (χ0n) is 16.5. The fraction of sp³-hybridized carbons (Fsp3) is 0.333. The minimum atomic E-state index is -0.338. The van der Waals surface area contributed by atoms with E-state index in [1.54, 1.807) is 0 Å². The second kappa shape index (κ2) is 7.27. The highest BCUT2D eigenvalue weighted by Gasteiger charge is 2.29. The molecule has 4 nitrogen and oxygen atoms in total. The van der Waals surface area contributed by atoms with Gasteiger partial charge in [-0.1, -0.05) is 37.6 Å². The van der Waals surface area contributed by atoms with E-state index < -0.39 is 0 Å². The van der Waals surface area contributed by atoms with Gasteiger partial charge in [0, 0.05) is 35.7 Å². The SMILES string of the molecule is CCC1CCc2c(c(OC(C)=O)c3cc4ccccc4cc3c2OC(C)=O)C1. The molecule has 1 aliphatic carbocycles. The molecule has 4 heteroatoms. The van der Waals surface area contributed by atoms with Crippen molar-refractivity contribution < 1.29 is 19.1 Å². The van der Waals surface area contributed by atoms with Crippen molar-refractivity contribution in [3.63, 3.8) is 0 Å². The Morgan fingerprint density at radius 3 is 1.96 bits per heavy atom. The predicted molar refractivity (Wildman–Crippen MR) is 110 cm³/mol. The van der Waals surface area contributed by atoms with Crippen LogP contribution in [0.2, 0.25) is 0 Å². The summed E-state index contributed by atoms with van der Waals surface area (Å²) in [5.41, 5.74) is 2.01. The number of rotatable bonds is 3. The largest absolute Gasteiger partial charge is 0.426 e. The molecule has 0 saturated heterocycles. The molecule has 28 heavy (non-hydrogen) atoms. The van der Waals surface area contributed by atoms with Gasteiger partial charge in [-0.3, -0.25) is 9.59 Å². The smallest absolute Gasteiger partial charge is 0.308 e. The molecule has 4 rings (SSSR count). The highest BCUT2D eigenvalue weighted by molar-refractivity contribution is 6.06. The molecule has 0 fully saturated rings. The molecule has 0 saturated carbocycles. The maximum absolute atomic E-state index is 11.9. The Kier molecular flexibility index (Phi) is 4.80. The van der Waals surface area contributed by atoms with E-state index in [0.717, 1.165) is 58.4 Å². The first-order chi connectivity index (χ1) is 13.5. The van der Waals surface area contributed by atoms with Gasteiger partial charge in [-0.2, -0.15) is 0 Å². The summed E-state index contributed by atoms with van der Waals surface area (Å²) in [4.78, 5) is 23.8. The summed E-state index contributed by atoms with van der Waals surface area (Å²) >= 11 is 0. The summed E-state index contributed by atoms with van der Waals surface area (Å²) in [5, 5.41) is 3.75. The van der Waals surface area contributed by atoms with E-state index in [-0.39, 0.29) is 11.9 Å². The summed E-state index contributed by atoms with van der Waals surface area (Å²) in [6.07, 6.45) is 3.74. The van der Waals surface area contributed by atoms with Crippen LogP contribution in [-0.2, 0) is 22.4 Å². The fourth-order valence-corrected chi connectivity index (χ4v) is 4.30. The molecule has 1 unspecified atom stereocenters. The van der Waals surface area contributed by atoms with Gasteiger partial charge < -0.3 is 9.47 Å². The quantitative estimate of drug-likeness (QED) is 0.351. The molecular weight excluding hydrogens is 352 g/mol. The maximum atomic E-state index is 11.9. The Labute approximate surface area is 164 Å². The van der Waals surface area contributed by atoms with Crippen LogP contribution in [-0.4, -0.2) is 11.9 Å². The first-order valence-corrected chi connectivity index (χ1v) is 9.85. The van der Waals surface area contributed by atoms with Crippen LogP contribution < -0.4 is 9.47 Å². The molecule has 0 radical (unpaired) electrons. The molecule has 0 N–H and O–H groups in total. The minimum absolute atomic E-state index is 0.337. The first kappa shape index (κ1) is 18.5. The van der Waals surface area contributed by atoms with Crippen molar-refractivity contribution in [2.24, 2.45) is 5.92 Å². The average molecular weight is 376 g/mol. The number of hydrogen-bond acceptors (Lipinski definition) is 4. The molecule has 1 aliphatic rings. The van der Waals surface area contributed by atoms with E-state index in [2.05, 4.69) is 6.92 Å². The van der Waals surface area contributed by atoms with Crippen LogP contribution in [0.3, 0.4) is 0 Å². The monoisotopic (exact) mass is 376 g/mol. The van der Waals surface area contributed by atoms with E-state index >= 15 is 0 Å². The summed E-state index contributed by atoms with van der Waals surface area (Å²) in [7, 11) is 0. The van der Waals surface area contributed by atoms with Crippen LogP contribution in [0.25, 0.3) is 21.5 Å². The molecule has 0 heterocycles. The van der Waals surface area contributed by atoms with Crippen LogP contribution >= 0.6 is 0 Å². The Morgan fingerprint density at radius 2 is 1.46 bits per heavy atom. The second-order valence-electron chi connectivity index (χ2n) is 7.56. The van der Waals surface area contributed by atoms with Crippen molar-refractivity contribution >= 4 is 33.5 Å². The molecule has 0 spiro atoms. The van der Waals surface area contributed by atoms with Gasteiger partial charge in [0.05, 0.1) is 0 Å². The lowest BCUT2D eigenvalue weighted by molar-refractivity contribution is -0.133. The van der Waals surface area contributed by atoms with Crippen molar-refractivity contribution in [1.82, 2.24) is 0 Å². The van der Waals surface area contributed by atoms with Crippen molar-refractivity contribution in [3.8, 4) is 11.5 Å². The van der Waals surface area contributed by atoms with E-state index in [4.69, 9.17) is 9.47 Å². The van der Waals surface area contributed by atoms with Gasteiger partial charge in [-0.05, 0) is 48.1 Å². The van der Waals surface area contributed by atoms with Crippen LogP contribution in [0.1, 0.15) is 44.7 Å². The maximum Gasteiger partial charge on any atom is 0.308 e. The van der Waals surface area contributed by atoms with Gasteiger partial charge in [-0.15, -0.1) is 0 Å². The van der Waals surface area contributed by atoms with Gasteiger partial charge in [-0.25, -0.2) is 0 Å². The van der Waals surface area contributed by atoms with Gasteiger partial charge in [0.25, 0.3) is 0 Å². The fourth-order valence-electron chi connectivity index (χ4n) is 4.30. The number of ether oxygens (including phenoxy) is 2. The zero-order chi connectivity index (χ0) is 19.8. The molecule has 3 aromatic carbocycles. The van der Waals surface area contributed by atoms with Crippen molar-refractivity contribution in [2.45, 2.75) is 46.5 Å². The zero-order valence-corrected chi connectivity index (χ0v) is 16.5. The molecule has 1 atom stereocenters. The van der Waals surface area contributed by atoms with E-state index in [0.29, 0.717) is 17.4 Å². The molecule has 144 valence electrons. The topological polar surface area (TPSA) is 52.6 Å². The Balaban J connectivity index is 2.11. The van der Waals surface area contributed by atoms with Gasteiger partial charge >= 0.3 is 11.9 Å². The Hall–Kier alpha value is -2.88. The average Bonchev–Trinajstić information content (AvgIpc) is 2.68. The normalized spacial score (nSPS) is 16.0. The third-order valence-corrected chi connectivity index (χ3v) is 5.65. The highest BCUT2D eigenvalue weighted by atomic mass is 16.5. The molecule has 0 amide bonds. The predicted octanol–water partition coefficient (Wildman–Crippen LogP) is 5.36. The van der Waals surface area contributed by atoms with Gasteiger partial charge in [0.15, 0.2) is 0 Å². The first-order valence-electron chi connectivity index (χ1n) is 9.85. The number of carbonyl (C=O) groups excluding carboxylic acids is 2. The van der Waals surface area contributed by atoms with Gasteiger partial charge in [0.1, 0.15) is 11.5 Å². The minimum Gasteiger partial charge on any atom is -0.426 e. The van der Waals surface area contributed by atoms with E-state index in [1.807, 2.05) is 36.4 Å². The number of carbonyl (C=O) groups is 2. The number of benzene rings is 3. The van der Waals surface area contributed by atoms with Crippen LogP contribution in [0, 0.1) is 5.92 Å². The lowest BCUT2D eigenvalue weighted by atomic mass is 9.80.